The van der Waals surface area contributed by atoms with Crippen LogP contribution in [0.2, 0.25) is 0 Å². The highest BCUT2D eigenvalue weighted by Gasteiger charge is 2.44. The highest BCUT2D eigenvalue weighted by Crippen LogP contribution is 2.31. The van der Waals surface area contributed by atoms with Gasteiger partial charge in [-0.2, -0.15) is 0 Å². The van der Waals surface area contributed by atoms with Gasteiger partial charge in [-0.1, -0.05) is 0 Å². The Morgan fingerprint density at radius 3 is 3.00 bits per heavy atom. The first-order valence-electron chi connectivity index (χ1n) is 5.88. The minimum atomic E-state index is -0.291. The van der Waals surface area contributed by atoms with E-state index in [4.69, 9.17) is 4.74 Å². The van der Waals surface area contributed by atoms with E-state index >= 15 is 0 Å². The zero-order valence-corrected chi connectivity index (χ0v) is 9.73. The van der Waals surface area contributed by atoms with Crippen LogP contribution >= 0.6 is 0 Å². The second-order valence-corrected chi connectivity index (χ2v) is 4.43. The summed E-state index contributed by atoms with van der Waals surface area (Å²) in [5.74, 6) is -0.00930. The highest BCUT2D eigenvalue weighted by atomic mass is 16.6. The lowest BCUT2D eigenvalue weighted by Gasteiger charge is -2.39. The second kappa shape index (κ2) is 4.31. The number of carbonyl (C=O) groups excluding carboxylic acids is 2. The van der Waals surface area contributed by atoms with E-state index in [1.54, 1.807) is 11.8 Å². The van der Waals surface area contributed by atoms with Crippen molar-refractivity contribution in [3.63, 3.8) is 0 Å². The van der Waals surface area contributed by atoms with Gasteiger partial charge in [-0.05, 0) is 26.7 Å². The van der Waals surface area contributed by atoms with Crippen LogP contribution in [0.1, 0.15) is 26.7 Å². The zero-order chi connectivity index (χ0) is 11.7. The summed E-state index contributed by atoms with van der Waals surface area (Å²) in [5, 5.41) is 2.88. The number of hydrogen-bond donors (Lipinski definition) is 1. The van der Waals surface area contributed by atoms with E-state index in [9.17, 15) is 9.59 Å². The molecule has 3 atom stereocenters. The second-order valence-electron chi connectivity index (χ2n) is 4.43. The Kier molecular flexibility index (Phi) is 3.03. The molecule has 0 aromatic heterocycles. The van der Waals surface area contributed by atoms with E-state index in [-0.39, 0.29) is 30.0 Å². The van der Waals surface area contributed by atoms with Crippen LogP contribution in [0.3, 0.4) is 0 Å². The molecule has 2 bridgehead atoms. The Hall–Kier alpha value is -1.26. The number of carbonyl (C=O) groups is 2. The summed E-state index contributed by atoms with van der Waals surface area (Å²) in [4.78, 5) is 25.3. The average Bonchev–Trinajstić information content (AvgIpc) is 2.48. The summed E-state index contributed by atoms with van der Waals surface area (Å²) in [6.07, 6.45) is 1.46. The number of rotatable bonds is 1. The summed E-state index contributed by atoms with van der Waals surface area (Å²) in [6, 6.07) is 0.0389. The molecule has 90 valence electrons. The maximum absolute atomic E-state index is 11.8. The monoisotopic (exact) mass is 226 g/mol. The van der Waals surface area contributed by atoms with Gasteiger partial charge in [0.2, 0.25) is 5.91 Å². The van der Waals surface area contributed by atoms with Crippen LogP contribution in [0, 0.1) is 5.92 Å². The molecule has 0 unspecified atom stereocenters. The first-order valence-corrected chi connectivity index (χ1v) is 5.88. The van der Waals surface area contributed by atoms with Gasteiger partial charge < -0.3 is 10.1 Å². The van der Waals surface area contributed by atoms with Crippen LogP contribution in [-0.4, -0.2) is 42.1 Å². The van der Waals surface area contributed by atoms with E-state index < -0.39 is 0 Å². The molecule has 0 saturated carbocycles. The zero-order valence-electron chi connectivity index (χ0n) is 9.73. The summed E-state index contributed by atoms with van der Waals surface area (Å²) >= 11 is 0. The molecule has 16 heavy (non-hydrogen) atoms. The summed E-state index contributed by atoms with van der Waals surface area (Å²) in [5.41, 5.74) is 0. The predicted molar refractivity (Wildman–Crippen MR) is 57.8 cm³/mol. The summed E-state index contributed by atoms with van der Waals surface area (Å²) in [6.45, 7) is 4.65. The van der Waals surface area contributed by atoms with Crippen molar-refractivity contribution in [3.05, 3.63) is 0 Å². The molecule has 0 aromatic carbocycles. The van der Waals surface area contributed by atoms with Gasteiger partial charge in [0.15, 0.2) is 0 Å². The normalized spacial score (nSPS) is 33.2. The maximum Gasteiger partial charge on any atom is 0.410 e. The van der Waals surface area contributed by atoms with Gasteiger partial charge >= 0.3 is 6.09 Å². The molecule has 3 heterocycles. The van der Waals surface area contributed by atoms with Gasteiger partial charge in [-0.25, -0.2) is 4.79 Å². The van der Waals surface area contributed by atoms with Gasteiger partial charge in [0, 0.05) is 12.6 Å². The van der Waals surface area contributed by atoms with Crippen LogP contribution in [0.15, 0.2) is 0 Å². The first kappa shape index (κ1) is 11.2. The van der Waals surface area contributed by atoms with Crippen LogP contribution in [0.5, 0.6) is 0 Å². The Balaban J connectivity index is 2.19. The lowest BCUT2D eigenvalue weighted by atomic mass is 9.88. The molecule has 5 heteroatoms. The maximum atomic E-state index is 11.8. The van der Waals surface area contributed by atoms with Crippen molar-refractivity contribution in [2.45, 2.75) is 38.8 Å². The third-order valence-electron chi connectivity index (χ3n) is 3.55. The third kappa shape index (κ3) is 1.74. The van der Waals surface area contributed by atoms with E-state index in [0.717, 1.165) is 12.8 Å². The van der Waals surface area contributed by atoms with Gasteiger partial charge in [0.05, 0.1) is 18.6 Å². The standard InChI is InChI=1S/C11H18N2O3/c1-3-16-11(15)13-7(2)9-5-4-8(13)6-12-10(9)14/h7-9H,3-6H2,1-2H3,(H,12,14)/t7-,8-,9-/m1/s1. The molecule has 3 aliphatic heterocycles. The molecule has 1 N–H and O–H groups in total. The number of ether oxygens (including phenoxy) is 1. The summed E-state index contributed by atoms with van der Waals surface area (Å²) in [7, 11) is 0. The number of fused-ring (bicyclic) bond motifs is 4. The Morgan fingerprint density at radius 1 is 1.56 bits per heavy atom. The van der Waals surface area contributed by atoms with Crippen molar-refractivity contribution in [1.82, 2.24) is 10.2 Å². The fourth-order valence-corrected chi connectivity index (χ4v) is 2.69. The Morgan fingerprint density at radius 2 is 2.31 bits per heavy atom. The minimum absolute atomic E-state index is 0.0553. The van der Waals surface area contributed by atoms with Crippen molar-refractivity contribution in [1.29, 1.82) is 0 Å². The third-order valence-corrected chi connectivity index (χ3v) is 3.55. The number of hydrogen-bond acceptors (Lipinski definition) is 3. The SMILES string of the molecule is CCOC(=O)N1[C@@H]2CC[C@@H](C(=O)NC2)[C@H]1C. The molecule has 0 aliphatic carbocycles. The van der Waals surface area contributed by atoms with Crippen LogP contribution in [-0.2, 0) is 9.53 Å². The molecular formula is C11H18N2O3. The number of piperidine rings is 1. The molecule has 0 aromatic rings. The van der Waals surface area contributed by atoms with Crippen LogP contribution in [0.25, 0.3) is 0 Å². The van der Waals surface area contributed by atoms with E-state index in [0.29, 0.717) is 13.2 Å². The number of amides is 2. The lowest BCUT2D eigenvalue weighted by Crippen LogP contribution is -2.52. The van der Waals surface area contributed by atoms with Crippen molar-refractivity contribution in [2.24, 2.45) is 5.92 Å². The number of nitrogens with zero attached hydrogens (tertiary/aromatic N) is 1. The van der Waals surface area contributed by atoms with Crippen molar-refractivity contribution in [3.8, 4) is 0 Å². The van der Waals surface area contributed by atoms with Crippen LogP contribution < -0.4 is 5.32 Å². The molecule has 3 aliphatic rings. The van der Waals surface area contributed by atoms with E-state index in [2.05, 4.69) is 5.32 Å². The van der Waals surface area contributed by atoms with E-state index in [1.807, 2.05) is 6.92 Å². The lowest BCUT2D eigenvalue weighted by molar-refractivity contribution is -0.126. The quantitative estimate of drug-likeness (QED) is 0.717. The molecule has 2 amide bonds. The van der Waals surface area contributed by atoms with E-state index in [1.165, 1.54) is 0 Å². The molecule has 3 rings (SSSR count). The molecule has 5 nitrogen and oxygen atoms in total. The van der Waals surface area contributed by atoms with Crippen molar-refractivity contribution < 1.29 is 14.3 Å². The van der Waals surface area contributed by atoms with Gasteiger partial charge in [0.25, 0.3) is 0 Å². The molecule has 3 fully saturated rings. The highest BCUT2D eigenvalue weighted by molar-refractivity contribution is 5.81. The topological polar surface area (TPSA) is 58.6 Å². The van der Waals surface area contributed by atoms with Gasteiger partial charge in [0.1, 0.15) is 0 Å². The fourth-order valence-electron chi connectivity index (χ4n) is 2.69. The summed E-state index contributed by atoms with van der Waals surface area (Å²) < 4.78 is 5.04. The first-order chi connectivity index (χ1) is 7.65. The largest absolute Gasteiger partial charge is 0.450 e. The van der Waals surface area contributed by atoms with Crippen molar-refractivity contribution >= 4 is 12.0 Å². The number of nitrogens with one attached hydrogen (secondary N) is 1. The Bertz CT molecular complexity index is 306. The molecule has 0 radical (unpaired) electrons. The average molecular weight is 226 g/mol. The smallest absolute Gasteiger partial charge is 0.410 e. The van der Waals surface area contributed by atoms with Gasteiger partial charge in [-0.3, -0.25) is 9.69 Å². The molecular weight excluding hydrogens is 208 g/mol. The van der Waals surface area contributed by atoms with Crippen molar-refractivity contribution in [2.75, 3.05) is 13.2 Å². The minimum Gasteiger partial charge on any atom is -0.450 e. The predicted octanol–water partition coefficient (Wildman–Crippen LogP) is 0.742. The fraction of sp³-hybridized carbons (Fsp3) is 0.818. The van der Waals surface area contributed by atoms with Gasteiger partial charge in [-0.15, -0.1) is 0 Å². The van der Waals surface area contributed by atoms with Crippen LogP contribution in [0.4, 0.5) is 4.79 Å². The molecule has 3 saturated heterocycles. The Labute approximate surface area is 95.1 Å². The molecule has 0 spiro atoms.